The van der Waals surface area contributed by atoms with Crippen molar-refractivity contribution >= 4 is 17.6 Å². The molecule has 0 bridgehead atoms. The second-order valence-electron chi connectivity index (χ2n) is 11.4. The van der Waals surface area contributed by atoms with E-state index >= 15 is 0 Å². The highest BCUT2D eigenvalue weighted by Gasteiger charge is 2.47. The van der Waals surface area contributed by atoms with Crippen LogP contribution in [0, 0.1) is 5.92 Å². The number of carbonyl (C=O) groups excluding carboxylic acids is 1. The van der Waals surface area contributed by atoms with Crippen LogP contribution in [0.3, 0.4) is 0 Å². The van der Waals surface area contributed by atoms with Gasteiger partial charge in [-0.25, -0.2) is 0 Å². The van der Waals surface area contributed by atoms with E-state index in [1.165, 1.54) is 0 Å². The van der Waals surface area contributed by atoms with Gasteiger partial charge < -0.3 is 25.0 Å². The number of nitrogens with zero attached hydrogens (tertiary/aromatic N) is 3. The molecule has 0 saturated carbocycles. The Morgan fingerprint density at radius 3 is 2.73 bits per heavy atom. The van der Waals surface area contributed by atoms with E-state index in [9.17, 15) is 14.7 Å². The lowest BCUT2D eigenvalue weighted by Gasteiger charge is -2.30. The third kappa shape index (κ3) is 6.34. The molecule has 3 aromatic rings. The smallest absolute Gasteiger partial charge is 0.308 e. The summed E-state index contributed by atoms with van der Waals surface area (Å²) in [7, 11) is 2.01. The number of hydrogen-bond acceptors (Lipinski definition) is 5. The maximum absolute atomic E-state index is 14.0. The van der Waals surface area contributed by atoms with E-state index in [1.54, 1.807) is 0 Å². The number of fused-ring (bicyclic) bond motifs is 1. The van der Waals surface area contributed by atoms with Crippen molar-refractivity contribution < 1.29 is 19.4 Å². The second-order valence-corrected chi connectivity index (χ2v) is 11.4. The zero-order valence-electron chi connectivity index (χ0n) is 24.2. The molecule has 0 spiro atoms. The first kappa shape index (κ1) is 28.9. The third-order valence-corrected chi connectivity index (χ3v) is 8.76. The van der Waals surface area contributed by atoms with Crippen molar-refractivity contribution in [3.05, 3.63) is 83.2 Å². The number of anilines is 1. The fourth-order valence-corrected chi connectivity index (χ4v) is 6.50. The molecule has 1 fully saturated rings. The lowest BCUT2D eigenvalue weighted by molar-refractivity contribution is -0.143. The Morgan fingerprint density at radius 1 is 1.15 bits per heavy atom. The summed E-state index contributed by atoms with van der Waals surface area (Å²) in [5.74, 6) is -0.764. The van der Waals surface area contributed by atoms with Crippen LogP contribution in [0.4, 0.5) is 5.69 Å². The number of unbranched alkanes of at least 4 members (excludes halogenated alkanes) is 1. The molecule has 8 nitrogen and oxygen atoms in total. The number of carboxylic acids is 1. The fraction of sp³-hybridized carbons (Fsp3) is 0.455. The van der Waals surface area contributed by atoms with Crippen LogP contribution in [0.25, 0.3) is 0 Å². The number of aliphatic carboxylic acids is 1. The SMILES string of the molecule is CCCCN(C(=O)CN1C[C@H](c2ccc3c(c2)CCO3)C(C(=O)O)[C@@H]1CCc1cccn1C)c1cccc(CN)c1. The highest BCUT2D eigenvalue weighted by molar-refractivity contribution is 5.95. The molecule has 1 aromatic heterocycles. The number of ether oxygens (including phenoxy) is 1. The summed E-state index contributed by atoms with van der Waals surface area (Å²) in [6.07, 6.45) is 6.09. The summed E-state index contributed by atoms with van der Waals surface area (Å²) in [4.78, 5) is 30.9. The minimum atomic E-state index is -0.808. The summed E-state index contributed by atoms with van der Waals surface area (Å²) < 4.78 is 7.78. The predicted molar refractivity (Wildman–Crippen MR) is 160 cm³/mol. The number of hydrogen-bond donors (Lipinski definition) is 2. The second kappa shape index (κ2) is 12.9. The molecule has 2 aromatic carbocycles. The molecule has 1 saturated heterocycles. The molecule has 3 N–H and O–H groups in total. The molecule has 1 amide bonds. The monoisotopic (exact) mass is 558 g/mol. The molecule has 3 heterocycles. The lowest BCUT2D eigenvalue weighted by Crippen LogP contribution is -2.44. The van der Waals surface area contributed by atoms with Gasteiger partial charge >= 0.3 is 5.97 Å². The highest BCUT2D eigenvalue weighted by Crippen LogP contribution is 2.41. The summed E-state index contributed by atoms with van der Waals surface area (Å²) in [5, 5.41) is 10.6. The minimum absolute atomic E-state index is 0.0105. The van der Waals surface area contributed by atoms with Crippen LogP contribution in [-0.4, -0.2) is 58.7 Å². The maximum atomic E-state index is 14.0. The number of carboxylic acid groups (broad SMARTS) is 1. The van der Waals surface area contributed by atoms with Gasteiger partial charge in [0.25, 0.3) is 0 Å². The largest absolute Gasteiger partial charge is 0.493 e. The van der Waals surface area contributed by atoms with Crippen molar-refractivity contribution in [3.63, 3.8) is 0 Å². The van der Waals surface area contributed by atoms with E-state index in [1.807, 2.05) is 60.6 Å². The van der Waals surface area contributed by atoms with Crippen molar-refractivity contribution in [1.29, 1.82) is 0 Å². The molecule has 218 valence electrons. The topological polar surface area (TPSA) is 101 Å². The van der Waals surface area contributed by atoms with Gasteiger partial charge in [-0.3, -0.25) is 14.5 Å². The molecule has 0 aliphatic carbocycles. The Balaban J connectivity index is 1.44. The van der Waals surface area contributed by atoms with Crippen LogP contribution in [0.15, 0.2) is 60.8 Å². The number of aromatic nitrogens is 1. The molecular formula is C33H42N4O4. The Labute approximate surface area is 242 Å². The number of benzene rings is 2. The number of rotatable bonds is 12. The number of nitrogens with two attached hydrogens (primary N) is 1. The van der Waals surface area contributed by atoms with Gasteiger partial charge in [0, 0.05) is 62.6 Å². The van der Waals surface area contributed by atoms with Gasteiger partial charge in [-0.2, -0.15) is 0 Å². The summed E-state index contributed by atoms with van der Waals surface area (Å²) in [6, 6.07) is 17.8. The quantitative estimate of drug-likeness (QED) is 0.343. The first-order valence-electron chi connectivity index (χ1n) is 14.8. The molecule has 1 unspecified atom stereocenters. The van der Waals surface area contributed by atoms with Gasteiger partial charge in [0.1, 0.15) is 5.75 Å². The Hall–Kier alpha value is -3.62. The average Bonchev–Trinajstić information content (AvgIpc) is 3.70. The fourth-order valence-electron chi connectivity index (χ4n) is 6.50. The molecule has 5 rings (SSSR count). The molecule has 3 atom stereocenters. The van der Waals surface area contributed by atoms with Gasteiger partial charge in [0.15, 0.2) is 0 Å². The lowest BCUT2D eigenvalue weighted by atomic mass is 9.83. The number of aryl methyl sites for hydroxylation is 2. The summed E-state index contributed by atoms with van der Waals surface area (Å²) >= 11 is 0. The zero-order valence-corrected chi connectivity index (χ0v) is 24.2. The first-order chi connectivity index (χ1) is 19.9. The van der Waals surface area contributed by atoms with Gasteiger partial charge in [0.2, 0.25) is 5.91 Å². The van der Waals surface area contributed by atoms with Crippen LogP contribution < -0.4 is 15.4 Å². The zero-order chi connectivity index (χ0) is 28.9. The third-order valence-electron chi connectivity index (χ3n) is 8.76. The Kier molecular flexibility index (Phi) is 9.10. The first-order valence-corrected chi connectivity index (χ1v) is 14.8. The van der Waals surface area contributed by atoms with E-state index in [4.69, 9.17) is 10.5 Å². The summed E-state index contributed by atoms with van der Waals surface area (Å²) in [5.41, 5.74) is 11.0. The van der Waals surface area contributed by atoms with Gasteiger partial charge in [-0.15, -0.1) is 0 Å². The molecule has 2 aliphatic heterocycles. The predicted octanol–water partition coefficient (Wildman–Crippen LogP) is 4.35. The number of likely N-dealkylation sites (tertiary alicyclic amines) is 1. The van der Waals surface area contributed by atoms with E-state index < -0.39 is 11.9 Å². The molecule has 41 heavy (non-hydrogen) atoms. The molecule has 0 radical (unpaired) electrons. The molecule has 8 heteroatoms. The molecule has 2 aliphatic rings. The highest BCUT2D eigenvalue weighted by atomic mass is 16.5. The van der Waals surface area contributed by atoms with Crippen molar-refractivity contribution in [3.8, 4) is 5.75 Å². The Bertz CT molecular complexity index is 1370. The number of carbonyl (C=O) groups is 2. The Morgan fingerprint density at radius 2 is 2.00 bits per heavy atom. The van der Waals surface area contributed by atoms with E-state index in [0.29, 0.717) is 32.7 Å². The van der Waals surface area contributed by atoms with Crippen LogP contribution in [0.5, 0.6) is 5.75 Å². The molecular weight excluding hydrogens is 516 g/mol. The van der Waals surface area contributed by atoms with Crippen LogP contribution in [0.2, 0.25) is 0 Å². The van der Waals surface area contributed by atoms with Gasteiger partial charge in [-0.05, 0) is 66.3 Å². The maximum Gasteiger partial charge on any atom is 0.308 e. The normalized spacial score (nSPS) is 20.1. The van der Waals surface area contributed by atoms with Gasteiger partial charge in [0.05, 0.1) is 19.1 Å². The van der Waals surface area contributed by atoms with Crippen molar-refractivity contribution in [1.82, 2.24) is 9.47 Å². The van der Waals surface area contributed by atoms with Crippen molar-refractivity contribution in [2.45, 2.75) is 57.5 Å². The van der Waals surface area contributed by atoms with E-state index in [-0.39, 0.29) is 24.4 Å². The van der Waals surface area contributed by atoms with E-state index in [0.717, 1.165) is 59.5 Å². The van der Waals surface area contributed by atoms with Crippen molar-refractivity contribution in [2.24, 2.45) is 18.7 Å². The minimum Gasteiger partial charge on any atom is -0.493 e. The number of amides is 1. The standard InChI is InChI=1S/C33H42N4O4/c1-3-4-16-37(27-8-5-7-23(18-27)20-34)31(38)22-36-21-28(24-10-13-30-25(19-24)14-17-41-30)32(33(39)40)29(36)12-11-26-9-6-15-35(26)2/h5-10,13,15,18-19,28-29,32H,3-4,11-12,14,16-17,20-22,34H2,1-2H3,(H,39,40)/t28-,29+,32?/m1/s1. The average molecular weight is 559 g/mol. The summed E-state index contributed by atoms with van der Waals surface area (Å²) in [6.45, 7) is 4.48. The van der Waals surface area contributed by atoms with E-state index in [2.05, 4.69) is 28.5 Å². The van der Waals surface area contributed by atoms with Crippen molar-refractivity contribution in [2.75, 3.05) is 31.1 Å². The van der Waals surface area contributed by atoms with Crippen LogP contribution >= 0.6 is 0 Å². The van der Waals surface area contributed by atoms with Crippen LogP contribution in [0.1, 0.15) is 54.5 Å². The van der Waals surface area contributed by atoms with Gasteiger partial charge in [-0.1, -0.05) is 37.6 Å². The van der Waals surface area contributed by atoms with Crippen LogP contribution in [-0.2, 0) is 36.0 Å².